The van der Waals surface area contributed by atoms with Crippen molar-refractivity contribution >= 4 is 5.97 Å². The van der Waals surface area contributed by atoms with Crippen LogP contribution in [0, 0.1) is 23.2 Å². The number of hydrogen-bond acceptors (Lipinski definition) is 5. The van der Waals surface area contributed by atoms with Crippen LogP contribution in [0.4, 0.5) is 0 Å². The van der Waals surface area contributed by atoms with Crippen LogP contribution in [-0.4, -0.2) is 42.3 Å². The van der Waals surface area contributed by atoms with Gasteiger partial charge in [-0.25, -0.2) is 0 Å². The maximum atomic E-state index is 12.3. The molecule has 5 nitrogen and oxygen atoms in total. The van der Waals surface area contributed by atoms with Crippen LogP contribution in [0.3, 0.4) is 0 Å². The number of carbonyl (C=O) groups excluding carboxylic acids is 1. The molecule has 5 heteroatoms. The molecule has 2 fully saturated rings. The van der Waals surface area contributed by atoms with Gasteiger partial charge >= 0.3 is 5.97 Å². The summed E-state index contributed by atoms with van der Waals surface area (Å²) in [6.45, 7) is 13.0. The summed E-state index contributed by atoms with van der Waals surface area (Å²) >= 11 is 0. The lowest BCUT2D eigenvalue weighted by atomic mass is 9.96. The number of carbonyl (C=O) groups is 1. The number of aliphatic hydroxyl groups excluding tert-OH is 1. The number of rotatable bonds is 10. The Morgan fingerprint density at radius 2 is 1.96 bits per heavy atom. The topological polar surface area (TPSA) is 65.0 Å². The Kier molecular flexibility index (Phi) is 8.14. The highest BCUT2D eigenvalue weighted by molar-refractivity contribution is 5.76. The molecule has 1 aliphatic carbocycles. The van der Waals surface area contributed by atoms with Crippen molar-refractivity contribution in [2.24, 2.45) is 23.2 Å². The van der Waals surface area contributed by atoms with E-state index in [0.717, 1.165) is 32.1 Å². The minimum Gasteiger partial charge on any atom is -0.465 e. The standard InChI is InChI=1S/C22H40O5/c1-7-17(8-2)13-25-20(24)18-12-22(18,6)10-9-15(4)26-21-14(3)11-19(23)16(5)27-21/h14-19,21,23H,7-13H2,1-6H3/t14-,15-,16+,18+,19?,21?,22+/m1/s1. The van der Waals surface area contributed by atoms with Crippen molar-refractivity contribution in [3.63, 3.8) is 0 Å². The fraction of sp³-hybridized carbons (Fsp3) is 0.955. The van der Waals surface area contributed by atoms with Gasteiger partial charge in [-0.2, -0.15) is 0 Å². The van der Waals surface area contributed by atoms with Gasteiger partial charge in [0, 0.05) is 5.92 Å². The van der Waals surface area contributed by atoms with Crippen molar-refractivity contribution in [3.8, 4) is 0 Å². The molecule has 2 unspecified atom stereocenters. The predicted octanol–water partition coefficient (Wildman–Crippen LogP) is 4.31. The molecule has 0 aromatic carbocycles. The van der Waals surface area contributed by atoms with E-state index in [1.54, 1.807) is 0 Å². The zero-order chi connectivity index (χ0) is 20.2. The van der Waals surface area contributed by atoms with E-state index >= 15 is 0 Å². The van der Waals surface area contributed by atoms with E-state index in [4.69, 9.17) is 14.2 Å². The SMILES string of the molecule is CCC(CC)COC(=O)[C@@H]1C[C@]1(C)CC[C@@H](C)OC1O[C@@H](C)C(O)C[C@H]1C. The summed E-state index contributed by atoms with van der Waals surface area (Å²) < 4.78 is 17.5. The Morgan fingerprint density at radius 1 is 1.30 bits per heavy atom. The molecule has 0 radical (unpaired) electrons. The van der Waals surface area contributed by atoms with Gasteiger partial charge in [0.1, 0.15) is 0 Å². The van der Waals surface area contributed by atoms with Crippen LogP contribution in [0.25, 0.3) is 0 Å². The Bertz CT molecular complexity index is 477. The summed E-state index contributed by atoms with van der Waals surface area (Å²) in [6, 6.07) is 0. The van der Waals surface area contributed by atoms with Gasteiger partial charge in [0.25, 0.3) is 0 Å². The van der Waals surface area contributed by atoms with Crippen molar-refractivity contribution in [3.05, 3.63) is 0 Å². The largest absolute Gasteiger partial charge is 0.465 e. The van der Waals surface area contributed by atoms with Crippen LogP contribution < -0.4 is 0 Å². The van der Waals surface area contributed by atoms with Crippen molar-refractivity contribution in [2.45, 2.75) is 105 Å². The van der Waals surface area contributed by atoms with E-state index in [1.807, 2.05) is 6.92 Å². The molecular weight excluding hydrogens is 344 g/mol. The third-order valence-corrected chi connectivity index (χ3v) is 6.71. The first-order chi connectivity index (χ1) is 12.7. The summed E-state index contributed by atoms with van der Waals surface area (Å²) in [5, 5.41) is 9.88. The Morgan fingerprint density at radius 3 is 2.59 bits per heavy atom. The molecule has 1 saturated carbocycles. The van der Waals surface area contributed by atoms with E-state index in [-0.39, 0.29) is 41.7 Å². The van der Waals surface area contributed by atoms with Crippen LogP contribution in [0.2, 0.25) is 0 Å². The summed E-state index contributed by atoms with van der Waals surface area (Å²) in [5.41, 5.74) is 0.0468. The molecule has 0 amide bonds. The first-order valence-electron chi connectivity index (χ1n) is 10.9. The quantitative estimate of drug-likeness (QED) is 0.569. The minimum atomic E-state index is -0.410. The molecular formula is C22H40O5. The van der Waals surface area contributed by atoms with Gasteiger partial charge in [0.2, 0.25) is 0 Å². The van der Waals surface area contributed by atoms with Gasteiger partial charge in [0.05, 0.1) is 30.8 Å². The van der Waals surface area contributed by atoms with E-state index in [1.165, 1.54) is 0 Å². The number of aliphatic hydroxyl groups is 1. The molecule has 1 heterocycles. The Labute approximate surface area is 165 Å². The summed E-state index contributed by atoms with van der Waals surface area (Å²) in [6.07, 6.45) is 4.80. The average Bonchev–Trinajstić information content (AvgIpc) is 3.31. The van der Waals surface area contributed by atoms with Crippen LogP contribution in [0.5, 0.6) is 0 Å². The number of hydrogen-bond donors (Lipinski definition) is 1. The van der Waals surface area contributed by atoms with Crippen molar-refractivity contribution in [2.75, 3.05) is 6.61 Å². The van der Waals surface area contributed by atoms with Crippen molar-refractivity contribution < 1.29 is 24.1 Å². The summed E-state index contributed by atoms with van der Waals surface area (Å²) in [7, 11) is 0. The molecule has 0 spiro atoms. The highest BCUT2D eigenvalue weighted by Crippen LogP contribution is 2.56. The van der Waals surface area contributed by atoms with Crippen molar-refractivity contribution in [1.29, 1.82) is 0 Å². The van der Waals surface area contributed by atoms with E-state index in [9.17, 15) is 9.90 Å². The molecule has 0 bridgehead atoms. The summed E-state index contributed by atoms with van der Waals surface area (Å²) in [4.78, 5) is 12.3. The number of ether oxygens (including phenoxy) is 3. The molecule has 0 aromatic heterocycles. The molecule has 7 atom stereocenters. The van der Waals surface area contributed by atoms with Gasteiger partial charge in [-0.1, -0.05) is 40.5 Å². The maximum Gasteiger partial charge on any atom is 0.309 e. The lowest BCUT2D eigenvalue weighted by molar-refractivity contribution is -0.255. The van der Waals surface area contributed by atoms with Gasteiger partial charge in [-0.3, -0.25) is 4.79 Å². The highest BCUT2D eigenvalue weighted by atomic mass is 16.7. The second kappa shape index (κ2) is 9.71. The van der Waals surface area contributed by atoms with Crippen LogP contribution in [-0.2, 0) is 19.0 Å². The van der Waals surface area contributed by atoms with E-state index in [2.05, 4.69) is 34.6 Å². The normalized spacial score (nSPS) is 37.3. The Balaban J connectivity index is 1.71. The first-order valence-corrected chi connectivity index (χ1v) is 10.9. The van der Waals surface area contributed by atoms with Crippen LogP contribution in [0.1, 0.15) is 80.1 Å². The molecule has 2 aliphatic rings. The van der Waals surface area contributed by atoms with Crippen LogP contribution in [0.15, 0.2) is 0 Å². The lowest BCUT2D eigenvalue weighted by Gasteiger charge is -2.37. The van der Waals surface area contributed by atoms with Gasteiger partial charge in [-0.15, -0.1) is 0 Å². The monoisotopic (exact) mass is 384 g/mol. The highest BCUT2D eigenvalue weighted by Gasteiger charge is 2.55. The van der Waals surface area contributed by atoms with E-state index < -0.39 is 6.10 Å². The molecule has 27 heavy (non-hydrogen) atoms. The molecule has 0 aromatic rings. The van der Waals surface area contributed by atoms with Crippen molar-refractivity contribution in [1.82, 2.24) is 0 Å². The Hall–Kier alpha value is -0.650. The van der Waals surface area contributed by atoms with Gasteiger partial charge in [-0.05, 0) is 50.9 Å². The average molecular weight is 385 g/mol. The third kappa shape index (κ3) is 6.16. The first kappa shape index (κ1) is 22.6. The number of esters is 1. The summed E-state index contributed by atoms with van der Waals surface area (Å²) in [5.74, 6) is 0.679. The zero-order valence-electron chi connectivity index (χ0n) is 18.1. The predicted molar refractivity (Wildman–Crippen MR) is 105 cm³/mol. The van der Waals surface area contributed by atoms with Gasteiger partial charge in [0.15, 0.2) is 6.29 Å². The third-order valence-electron chi connectivity index (χ3n) is 6.71. The second-order valence-electron chi connectivity index (χ2n) is 9.20. The molecule has 158 valence electrons. The molecule has 1 N–H and O–H groups in total. The minimum absolute atomic E-state index is 0.0231. The maximum absolute atomic E-state index is 12.3. The second-order valence-corrected chi connectivity index (χ2v) is 9.20. The lowest BCUT2D eigenvalue weighted by Crippen LogP contribution is -2.44. The molecule has 2 rings (SSSR count). The smallest absolute Gasteiger partial charge is 0.309 e. The van der Waals surface area contributed by atoms with Crippen LogP contribution >= 0.6 is 0 Å². The van der Waals surface area contributed by atoms with Gasteiger partial charge < -0.3 is 19.3 Å². The fourth-order valence-corrected chi connectivity index (χ4v) is 3.99. The van der Waals surface area contributed by atoms with E-state index in [0.29, 0.717) is 18.9 Å². The fourth-order valence-electron chi connectivity index (χ4n) is 3.99. The molecule has 1 saturated heterocycles. The zero-order valence-corrected chi connectivity index (χ0v) is 18.1. The molecule has 1 aliphatic heterocycles.